The van der Waals surface area contributed by atoms with Gasteiger partial charge in [-0.2, -0.15) is 5.10 Å². The summed E-state index contributed by atoms with van der Waals surface area (Å²) in [5.74, 6) is 1.47. The lowest BCUT2D eigenvalue weighted by atomic mass is 10.2. The fourth-order valence-corrected chi connectivity index (χ4v) is 3.54. The molecule has 0 aliphatic carbocycles. The van der Waals surface area contributed by atoms with Crippen molar-refractivity contribution in [1.29, 1.82) is 0 Å². The topological polar surface area (TPSA) is 68.1 Å². The number of nitrogens with zero attached hydrogens (tertiary/aromatic N) is 5. The van der Waals surface area contributed by atoms with Gasteiger partial charge < -0.3 is 10.1 Å². The Balaban J connectivity index is 1.47. The molecule has 1 aromatic carbocycles. The van der Waals surface area contributed by atoms with Crippen molar-refractivity contribution in [2.45, 2.75) is 20.0 Å². The van der Waals surface area contributed by atoms with E-state index in [1.807, 2.05) is 41.2 Å². The van der Waals surface area contributed by atoms with Crippen LogP contribution in [0.1, 0.15) is 13.8 Å². The normalized spacial score (nSPS) is 18.3. The lowest BCUT2D eigenvalue weighted by Crippen LogP contribution is -2.46. The van der Waals surface area contributed by atoms with Crippen molar-refractivity contribution < 1.29 is 4.74 Å². The van der Waals surface area contributed by atoms with Gasteiger partial charge in [0.25, 0.3) is 0 Å². The Labute approximate surface area is 159 Å². The first-order chi connectivity index (χ1) is 13.2. The molecule has 1 unspecified atom stereocenters. The number of hydrogen-bond acceptors (Lipinski definition) is 6. The molecule has 0 radical (unpaired) electrons. The van der Waals surface area contributed by atoms with Crippen molar-refractivity contribution >= 4 is 16.9 Å². The number of aromatic nitrogens is 4. The second-order valence-electron chi connectivity index (χ2n) is 7.38. The Bertz CT molecular complexity index is 879. The molecule has 1 fully saturated rings. The van der Waals surface area contributed by atoms with E-state index in [1.165, 1.54) is 0 Å². The zero-order valence-electron chi connectivity index (χ0n) is 15.9. The van der Waals surface area contributed by atoms with E-state index in [0.29, 0.717) is 5.92 Å². The summed E-state index contributed by atoms with van der Waals surface area (Å²) >= 11 is 0. The van der Waals surface area contributed by atoms with Crippen molar-refractivity contribution in [2.24, 2.45) is 5.92 Å². The highest BCUT2D eigenvalue weighted by atomic mass is 16.5. The van der Waals surface area contributed by atoms with Gasteiger partial charge in [0, 0.05) is 26.2 Å². The minimum Gasteiger partial charge on any atom is -0.374 e. The summed E-state index contributed by atoms with van der Waals surface area (Å²) in [7, 11) is 0. The molecule has 1 aliphatic heterocycles. The van der Waals surface area contributed by atoms with Crippen LogP contribution < -0.4 is 5.32 Å². The Hall–Kier alpha value is -2.51. The molecule has 1 atom stereocenters. The van der Waals surface area contributed by atoms with Gasteiger partial charge >= 0.3 is 0 Å². The van der Waals surface area contributed by atoms with Crippen molar-refractivity contribution in [1.82, 2.24) is 24.6 Å². The van der Waals surface area contributed by atoms with Gasteiger partial charge in [-0.3, -0.25) is 4.90 Å². The van der Waals surface area contributed by atoms with Crippen LogP contribution in [-0.4, -0.2) is 63.5 Å². The molecule has 0 bridgehead atoms. The SMILES string of the molecule is CC(C)CN1CCOC(CNc2ncnc3c2cnn3-c2ccccc2)C1. The van der Waals surface area contributed by atoms with Gasteiger partial charge in [0.15, 0.2) is 5.65 Å². The Morgan fingerprint density at radius 2 is 2.07 bits per heavy atom. The zero-order valence-corrected chi connectivity index (χ0v) is 15.9. The highest BCUT2D eigenvalue weighted by molar-refractivity contribution is 5.87. The molecule has 27 heavy (non-hydrogen) atoms. The van der Waals surface area contributed by atoms with Crippen molar-refractivity contribution in [3.05, 3.63) is 42.9 Å². The first-order valence-electron chi connectivity index (χ1n) is 9.52. The zero-order chi connectivity index (χ0) is 18.6. The van der Waals surface area contributed by atoms with Crippen LogP contribution in [0.2, 0.25) is 0 Å². The molecule has 3 heterocycles. The van der Waals surface area contributed by atoms with E-state index in [9.17, 15) is 0 Å². The summed E-state index contributed by atoms with van der Waals surface area (Å²) in [5.41, 5.74) is 1.78. The number of hydrogen-bond donors (Lipinski definition) is 1. The average molecular weight is 366 g/mol. The molecule has 1 aliphatic rings. The third-order valence-corrected chi connectivity index (χ3v) is 4.71. The summed E-state index contributed by atoms with van der Waals surface area (Å²) in [6.45, 7) is 9.08. The van der Waals surface area contributed by atoms with E-state index < -0.39 is 0 Å². The minimum absolute atomic E-state index is 0.159. The molecule has 4 rings (SSSR count). The van der Waals surface area contributed by atoms with E-state index in [1.54, 1.807) is 6.33 Å². The predicted octanol–water partition coefficient (Wildman–Crippen LogP) is 2.58. The van der Waals surface area contributed by atoms with Crippen molar-refractivity contribution in [3.8, 4) is 5.69 Å². The monoisotopic (exact) mass is 366 g/mol. The number of nitrogens with one attached hydrogen (secondary N) is 1. The van der Waals surface area contributed by atoms with Crippen LogP contribution in [0.15, 0.2) is 42.9 Å². The highest BCUT2D eigenvalue weighted by Crippen LogP contribution is 2.21. The van der Waals surface area contributed by atoms with Crippen LogP contribution in [-0.2, 0) is 4.74 Å². The molecule has 0 spiro atoms. The molecule has 2 aromatic heterocycles. The van der Waals surface area contributed by atoms with Crippen LogP contribution in [0, 0.1) is 5.92 Å². The van der Waals surface area contributed by atoms with Crippen LogP contribution in [0.4, 0.5) is 5.82 Å². The second kappa shape index (κ2) is 8.02. The maximum absolute atomic E-state index is 5.93. The third kappa shape index (κ3) is 4.09. The first-order valence-corrected chi connectivity index (χ1v) is 9.52. The van der Waals surface area contributed by atoms with Gasteiger partial charge in [-0.15, -0.1) is 0 Å². The quantitative estimate of drug-likeness (QED) is 0.723. The smallest absolute Gasteiger partial charge is 0.168 e. The first kappa shape index (κ1) is 17.9. The van der Waals surface area contributed by atoms with Gasteiger partial charge in [0.1, 0.15) is 12.1 Å². The fraction of sp³-hybridized carbons (Fsp3) is 0.450. The summed E-state index contributed by atoms with van der Waals surface area (Å²) < 4.78 is 7.77. The number of fused-ring (bicyclic) bond motifs is 1. The van der Waals surface area contributed by atoms with Crippen molar-refractivity contribution in [3.63, 3.8) is 0 Å². The van der Waals surface area contributed by atoms with Gasteiger partial charge in [0.2, 0.25) is 0 Å². The standard InChI is InChI=1S/C20H26N6O/c1-15(2)12-25-8-9-27-17(13-25)10-21-19-18-11-24-26(20(18)23-14-22-19)16-6-4-3-5-7-16/h3-7,11,14-15,17H,8-10,12-13H2,1-2H3,(H,21,22,23). The molecular weight excluding hydrogens is 340 g/mol. The maximum Gasteiger partial charge on any atom is 0.168 e. The Morgan fingerprint density at radius 3 is 2.89 bits per heavy atom. The summed E-state index contributed by atoms with van der Waals surface area (Å²) in [6.07, 6.45) is 3.56. The average Bonchev–Trinajstić information content (AvgIpc) is 3.11. The molecule has 0 amide bonds. The van der Waals surface area contributed by atoms with E-state index >= 15 is 0 Å². The van der Waals surface area contributed by atoms with Crippen LogP contribution >= 0.6 is 0 Å². The van der Waals surface area contributed by atoms with Crippen LogP contribution in [0.3, 0.4) is 0 Å². The molecule has 1 N–H and O–H groups in total. The number of para-hydroxylation sites is 1. The van der Waals surface area contributed by atoms with E-state index in [4.69, 9.17) is 4.74 Å². The fourth-order valence-electron chi connectivity index (χ4n) is 3.54. The number of benzene rings is 1. The molecule has 3 aromatic rings. The largest absolute Gasteiger partial charge is 0.374 e. The van der Waals surface area contributed by atoms with E-state index in [0.717, 1.165) is 55.3 Å². The third-order valence-electron chi connectivity index (χ3n) is 4.71. The summed E-state index contributed by atoms with van der Waals surface area (Å²) in [5, 5.41) is 8.85. The van der Waals surface area contributed by atoms with Gasteiger partial charge in [0.05, 0.1) is 30.0 Å². The lowest BCUT2D eigenvalue weighted by Gasteiger charge is -2.34. The molecule has 7 nitrogen and oxygen atoms in total. The second-order valence-corrected chi connectivity index (χ2v) is 7.38. The molecule has 1 saturated heterocycles. The van der Waals surface area contributed by atoms with Gasteiger partial charge in [-0.1, -0.05) is 32.0 Å². The minimum atomic E-state index is 0.159. The van der Waals surface area contributed by atoms with Crippen molar-refractivity contribution in [2.75, 3.05) is 38.1 Å². The molecule has 7 heteroatoms. The molecule has 142 valence electrons. The molecule has 0 saturated carbocycles. The van der Waals surface area contributed by atoms with Gasteiger partial charge in [-0.25, -0.2) is 14.6 Å². The maximum atomic E-state index is 5.93. The lowest BCUT2D eigenvalue weighted by molar-refractivity contribution is -0.0244. The Morgan fingerprint density at radius 1 is 1.22 bits per heavy atom. The predicted molar refractivity (Wildman–Crippen MR) is 106 cm³/mol. The number of ether oxygens (including phenoxy) is 1. The highest BCUT2D eigenvalue weighted by Gasteiger charge is 2.21. The number of rotatable bonds is 6. The number of anilines is 1. The van der Waals surface area contributed by atoms with Crippen LogP contribution in [0.25, 0.3) is 16.7 Å². The van der Waals surface area contributed by atoms with E-state index in [-0.39, 0.29) is 6.10 Å². The van der Waals surface area contributed by atoms with E-state index in [2.05, 4.69) is 39.1 Å². The van der Waals surface area contributed by atoms with Crippen LogP contribution in [0.5, 0.6) is 0 Å². The Kier molecular flexibility index (Phi) is 5.31. The number of morpholine rings is 1. The summed E-state index contributed by atoms with van der Waals surface area (Å²) in [6, 6.07) is 10.0. The van der Waals surface area contributed by atoms with Gasteiger partial charge in [-0.05, 0) is 18.1 Å². The molecular formula is C20H26N6O. The summed E-state index contributed by atoms with van der Waals surface area (Å²) in [4.78, 5) is 11.3.